The van der Waals surface area contributed by atoms with Crippen LogP contribution in [0.3, 0.4) is 0 Å². The molecular formula is C14H10BrN3O3S3. The number of nitrogens with zero attached hydrogens (tertiary/aromatic N) is 1. The quantitative estimate of drug-likeness (QED) is 0.622. The van der Waals surface area contributed by atoms with E-state index in [-0.39, 0.29) is 10.1 Å². The molecule has 6 nitrogen and oxygen atoms in total. The molecule has 0 spiro atoms. The zero-order valence-corrected chi connectivity index (χ0v) is 15.9. The van der Waals surface area contributed by atoms with Crippen LogP contribution >= 0.6 is 38.6 Å². The monoisotopic (exact) mass is 443 g/mol. The molecule has 2 N–H and O–H groups in total. The van der Waals surface area contributed by atoms with Crippen LogP contribution in [0.15, 0.2) is 56.0 Å². The lowest BCUT2D eigenvalue weighted by molar-refractivity contribution is 0.102. The molecule has 2 aromatic heterocycles. The summed E-state index contributed by atoms with van der Waals surface area (Å²) in [6.45, 7) is 0. The maximum absolute atomic E-state index is 12.2. The number of sulfonamides is 1. The van der Waals surface area contributed by atoms with Crippen molar-refractivity contribution < 1.29 is 13.2 Å². The molecule has 0 aliphatic carbocycles. The van der Waals surface area contributed by atoms with Gasteiger partial charge in [-0.1, -0.05) is 0 Å². The van der Waals surface area contributed by atoms with Crippen molar-refractivity contribution in [3.8, 4) is 0 Å². The van der Waals surface area contributed by atoms with E-state index in [2.05, 4.69) is 31.0 Å². The second kappa shape index (κ2) is 7.01. The fraction of sp³-hybridized carbons (Fsp3) is 0. The highest BCUT2D eigenvalue weighted by molar-refractivity contribution is 9.11. The summed E-state index contributed by atoms with van der Waals surface area (Å²) >= 11 is 5.68. The maximum atomic E-state index is 12.2. The zero-order chi connectivity index (χ0) is 17.2. The molecule has 124 valence electrons. The lowest BCUT2D eigenvalue weighted by atomic mass is 10.2. The number of halogens is 1. The van der Waals surface area contributed by atoms with E-state index >= 15 is 0 Å². The fourth-order valence-corrected chi connectivity index (χ4v) is 5.38. The minimum atomic E-state index is -3.64. The van der Waals surface area contributed by atoms with Crippen molar-refractivity contribution in [2.45, 2.75) is 4.21 Å². The highest BCUT2D eigenvalue weighted by Crippen LogP contribution is 2.27. The van der Waals surface area contributed by atoms with Gasteiger partial charge in [-0.15, -0.1) is 22.7 Å². The average molecular weight is 444 g/mol. The van der Waals surface area contributed by atoms with E-state index in [1.54, 1.807) is 29.8 Å². The van der Waals surface area contributed by atoms with Gasteiger partial charge < -0.3 is 0 Å². The van der Waals surface area contributed by atoms with Crippen molar-refractivity contribution in [1.82, 2.24) is 4.98 Å². The molecule has 0 radical (unpaired) electrons. The van der Waals surface area contributed by atoms with Gasteiger partial charge in [0.2, 0.25) is 0 Å². The van der Waals surface area contributed by atoms with Gasteiger partial charge in [0.15, 0.2) is 5.13 Å². The fourth-order valence-electron chi connectivity index (χ4n) is 1.79. The summed E-state index contributed by atoms with van der Waals surface area (Å²) in [6, 6.07) is 9.36. The predicted octanol–water partition coefficient (Wildman–Crippen LogP) is 4.02. The molecule has 0 unspecified atom stereocenters. The Bertz CT molecular complexity index is 951. The number of thiazole rings is 1. The SMILES string of the molecule is O=C(Nc1nccs1)c1ccc(NS(=O)(=O)c2ccc(Br)s2)cc1. The first kappa shape index (κ1) is 17.1. The van der Waals surface area contributed by atoms with Crippen LogP contribution in [0, 0.1) is 0 Å². The van der Waals surface area contributed by atoms with Crippen LogP contribution in [0.1, 0.15) is 10.4 Å². The third-order valence-corrected chi connectivity index (χ3v) is 7.05. The number of nitrogens with one attached hydrogen (secondary N) is 2. The number of hydrogen-bond acceptors (Lipinski definition) is 6. The lowest BCUT2D eigenvalue weighted by Crippen LogP contribution is -2.13. The first-order valence-corrected chi connectivity index (χ1v) is 10.5. The molecule has 10 heteroatoms. The third-order valence-electron chi connectivity index (χ3n) is 2.87. The standard InChI is InChI=1S/C14H10BrN3O3S3/c15-11-5-6-12(23-11)24(20,21)18-10-3-1-9(2-4-10)13(19)17-14-16-7-8-22-14/h1-8,18H,(H,16,17,19). The summed E-state index contributed by atoms with van der Waals surface area (Å²) in [6.07, 6.45) is 1.60. The highest BCUT2D eigenvalue weighted by atomic mass is 79.9. The molecule has 3 aromatic rings. The second-order valence-electron chi connectivity index (χ2n) is 4.53. The Morgan fingerprint density at radius 3 is 2.46 bits per heavy atom. The van der Waals surface area contributed by atoms with Crippen molar-refractivity contribution in [3.05, 3.63) is 57.3 Å². The minimum absolute atomic E-state index is 0.208. The van der Waals surface area contributed by atoms with Crippen LogP contribution in [-0.2, 0) is 10.0 Å². The Hall–Kier alpha value is -1.75. The Kier molecular flexibility index (Phi) is 4.99. The normalized spacial score (nSPS) is 11.2. The smallest absolute Gasteiger partial charge is 0.271 e. The average Bonchev–Trinajstić information content (AvgIpc) is 3.19. The number of anilines is 2. The number of hydrogen-bond donors (Lipinski definition) is 2. The van der Waals surface area contributed by atoms with Crippen LogP contribution < -0.4 is 10.0 Å². The van der Waals surface area contributed by atoms with Crippen molar-refractivity contribution in [2.75, 3.05) is 10.0 Å². The number of benzene rings is 1. The van der Waals surface area contributed by atoms with Crippen LogP contribution in [0.5, 0.6) is 0 Å². The van der Waals surface area contributed by atoms with Crippen molar-refractivity contribution >= 4 is 65.4 Å². The number of rotatable bonds is 5. The van der Waals surface area contributed by atoms with Gasteiger partial charge in [-0.05, 0) is 52.3 Å². The van der Waals surface area contributed by atoms with E-state index in [1.165, 1.54) is 29.5 Å². The van der Waals surface area contributed by atoms with Crippen molar-refractivity contribution in [3.63, 3.8) is 0 Å². The lowest BCUT2D eigenvalue weighted by Gasteiger charge is -2.07. The summed E-state index contributed by atoms with van der Waals surface area (Å²) < 4.78 is 27.9. The number of carbonyl (C=O) groups is 1. The first-order valence-electron chi connectivity index (χ1n) is 6.53. The Morgan fingerprint density at radius 1 is 1.12 bits per heavy atom. The molecule has 0 atom stereocenters. The van der Waals surface area contributed by atoms with Gasteiger partial charge in [-0.2, -0.15) is 0 Å². The number of thiophene rings is 1. The highest BCUT2D eigenvalue weighted by Gasteiger charge is 2.17. The van der Waals surface area contributed by atoms with E-state index in [0.717, 1.165) is 15.1 Å². The van der Waals surface area contributed by atoms with Crippen LogP contribution in [0.2, 0.25) is 0 Å². The van der Waals surface area contributed by atoms with Gasteiger partial charge in [-0.25, -0.2) is 13.4 Å². The molecule has 0 saturated heterocycles. The summed E-state index contributed by atoms with van der Waals surface area (Å²) in [7, 11) is -3.64. The van der Waals surface area contributed by atoms with Gasteiger partial charge in [0.25, 0.3) is 15.9 Å². The minimum Gasteiger partial charge on any atom is -0.298 e. The van der Waals surface area contributed by atoms with Crippen molar-refractivity contribution in [2.24, 2.45) is 0 Å². The molecule has 3 rings (SSSR count). The van der Waals surface area contributed by atoms with Crippen LogP contribution in [-0.4, -0.2) is 19.3 Å². The summed E-state index contributed by atoms with van der Waals surface area (Å²) in [4.78, 5) is 16.0. The summed E-state index contributed by atoms with van der Waals surface area (Å²) in [5.74, 6) is -0.304. The van der Waals surface area contributed by atoms with E-state index < -0.39 is 10.0 Å². The molecule has 0 aliphatic rings. The summed E-state index contributed by atoms with van der Waals surface area (Å²) in [5.41, 5.74) is 0.789. The Morgan fingerprint density at radius 2 is 1.88 bits per heavy atom. The number of aromatic nitrogens is 1. The van der Waals surface area contributed by atoms with E-state index in [4.69, 9.17) is 0 Å². The van der Waals surface area contributed by atoms with Gasteiger partial charge in [0.1, 0.15) is 4.21 Å². The third kappa shape index (κ3) is 4.01. The molecule has 1 aromatic carbocycles. The summed E-state index contributed by atoms with van der Waals surface area (Å²) in [5, 5.41) is 4.93. The molecular weight excluding hydrogens is 434 g/mol. The second-order valence-corrected chi connectivity index (χ2v) is 9.80. The molecule has 1 amide bonds. The van der Waals surface area contributed by atoms with E-state index in [9.17, 15) is 13.2 Å². The predicted molar refractivity (Wildman–Crippen MR) is 99.3 cm³/mol. The van der Waals surface area contributed by atoms with Gasteiger partial charge in [0, 0.05) is 22.8 Å². The largest absolute Gasteiger partial charge is 0.298 e. The van der Waals surface area contributed by atoms with Crippen LogP contribution in [0.25, 0.3) is 0 Å². The van der Waals surface area contributed by atoms with Gasteiger partial charge >= 0.3 is 0 Å². The molecule has 24 heavy (non-hydrogen) atoms. The Balaban J connectivity index is 1.71. The molecule has 2 heterocycles. The zero-order valence-electron chi connectivity index (χ0n) is 11.9. The van der Waals surface area contributed by atoms with E-state index in [1.807, 2.05) is 0 Å². The van der Waals surface area contributed by atoms with Crippen molar-refractivity contribution in [1.29, 1.82) is 0 Å². The van der Waals surface area contributed by atoms with Gasteiger partial charge in [0.05, 0.1) is 3.79 Å². The first-order chi connectivity index (χ1) is 11.4. The van der Waals surface area contributed by atoms with Crippen LogP contribution in [0.4, 0.5) is 10.8 Å². The maximum Gasteiger partial charge on any atom is 0.271 e. The molecule has 0 bridgehead atoms. The molecule has 0 saturated carbocycles. The molecule has 0 aliphatic heterocycles. The number of amides is 1. The van der Waals surface area contributed by atoms with E-state index in [0.29, 0.717) is 16.4 Å². The topological polar surface area (TPSA) is 88.2 Å². The number of carbonyl (C=O) groups excluding carboxylic acids is 1. The van der Waals surface area contributed by atoms with Gasteiger partial charge in [-0.3, -0.25) is 14.8 Å². The molecule has 0 fully saturated rings. The Labute approximate surface area is 154 Å².